The Balaban J connectivity index is 1.52. The van der Waals surface area contributed by atoms with Crippen molar-refractivity contribution in [2.24, 2.45) is 0 Å². The first-order chi connectivity index (χ1) is 14.4. The van der Waals surface area contributed by atoms with Crippen LogP contribution in [-0.4, -0.2) is 32.2 Å². The molecule has 154 valence electrons. The minimum absolute atomic E-state index is 0.0706. The number of methoxy groups -OCH3 is 1. The summed E-state index contributed by atoms with van der Waals surface area (Å²) in [5.41, 5.74) is 2.10. The third kappa shape index (κ3) is 5.43. The number of anilines is 1. The van der Waals surface area contributed by atoms with Gasteiger partial charge in [-0.05, 0) is 42.8 Å². The van der Waals surface area contributed by atoms with E-state index in [-0.39, 0.29) is 29.4 Å². The molecule has 3 aromatic rings. The molecule has 1 heterocycles. The number of amides is 1. The van der Waals surface area contributed by atoms with Crippen molar-refractivity contribution in [3.8, 4) is 23.1 Å². The Labute approximate surface area is 178 Å². The monoisotopic (exact) mass is 441 g/mol. The molecule has 7 nitrogen and oxygen atoms in total. The zero-order valence-corrected chi connectivity index (χ0v) is 17.8. The van der Waals surface area contributed by atoms with E-state index < -0.39 is 9.84 Å². The fourth-order valence-corrected chi connectivity index (χ4v) is 4.73. The lowest BCUT2D eigenvalue weighted by molar-refractivity contribution is -0.116. The van der Waals surface area contributed by atoms with E-state index in [1.807, 2.05) is 5.38 Å². The molecule has 1 N–H and O–H groups in total. The highest BCUT2D eigenvalue weighted by atomic mass is 32.2. The molecule has 9 heteroatoms. The molecular formula is C21H19N3O4S2. The van der Waals surface area contributed by atoms with Crippen LogP contribution in [0.25, 0.3) is 11.3 Å². The highest BCUT2D eigenvalue weighted by molar-refractivity contribution is 7.91. The molecule has 0 radical (unpaired) electrons. The van der Waals surface area contributed by atoms with Gasteiger partial charge in [0.15, 0.2) is 15.0 Å². The largest absolute Gasteiger partial charge is 0.497 e. The minimum atomic E-state index is -3.46. The van der Waals surface area contributed by atoms with E-state index in [9.17, 15) is 13.2 Å². The van der Waals surface area contributed by atoms with Crippen molar-refractivity contribution >= 4 is 32.2 Å². The molecule has 0 unspecified atom stereocenters. The highest BCUT2D eigenvalue weighted by Gasteiger charge is 2.16. The second-order valence-electron chi connectivity index (χ2n) is 6.37. The number of nitriles is 1. The molecule has 0 atom stereocenters. The summed E-state index contributed by atoms with van der Waals surface area (Å²) in [7, 11) is -1.95. The Bertz CT molecular complexity index is 1160. The first-order valence-corrected chi connectivity index (χ1v) is 11.6. The number of carbonyl (C=O) groups excluding carboxylic acids is 1. The standard InChI is InChI=1S/C21H19N3O4S2/c1-28-17-8-10-18(11-9-17)30(26,27)12-2-3-20(25)24-21-23-19(14-29-21)16-6-4-15(13-22)5-7-16/h4-11,14H,2-3,12H2,1H3,(H,23,24,25). The smallest absolute Gasteiger partial charge is 0.226 e. The van der Waals surface area contributed by atoms with Crippen LogP contribution in [0.4, 0.5) is 5.13 Å². The maximum Gasteiger partial charge on any atom is 0.226 e. The van der Waals surface area contributed by atoms with Gasteiger partial charge in [0.2, 0.25) is 5.91 Å². The number of rotatable bonds is 8. The van der Waals surface area contributed by atoms with Gasteiger partial charge in [0.25, 0.3) is 0 Å². The number of thiazole rings is 1. The summed E-state index contributed by atoms with van der Waals surface area (Å²) >= 11 is 1.28. The average Bonchev–Trinajstić information content (AvgIpc) is 3.22. The lowest BCUT2D eigenvalue weighted by Crippen LogP contribution is -2.14. The van der Waals surface area contributed by atoms with Crippen LogP contribution in [0.1, 0.15) is 18.4 Å². The first-order valence-electron chi connectivity index (χ1n) is 9.04. The fraction of sp³-hybridized carbons (Fsp3) is 0.190. The maximum absolute atomic E-state index is 12.4. The summed E-state index contributed by atoms with van der Waals surface area (Å²) < 4.78 is 29.8. The summed E-state index contributed by atoms with van der Waals surface area (Å²) in [6, 6.07) is 15.2. The predicted octanol–water partition coefficient (Wildman–Crippen LogP) is 3.88. The second-order valence-corrected chi connectivity index (χ2v) is 9.34. The van der Waals surface area contributed by atoms with Crippen LogP contribution in [0.3, 0.4) is 0 Å². The minimum Gasteiger partial charge on any atom is -0.497 e. The van der Waals surface area contributed by atoms with Crippen molar-refractivity contribution in [2.75, 3.05) is 18.2 Å². The van der Waals surface area contributed by atoms with Crippen LogP contribution in [0.5, 0.6) is 5.75 Å². The number of ether oxygens (including phenoxy) is 1. The van der Waals surface area contributed by atoms with Crippen LogP contribution in [0, 0.1) is 11.3 Å². The second kappa shape index (κ2) is 9.52. The van der Waals surface area contributed by atoms with Crippen LogP contribution >= 0.6 is 11.3 Å². The van der Waals surface area contributed by atoms with Gasteiger partial charge in [0.05, 0.1) is 35.1 Å². The van der Waals surface area contributed by atoms with Crippen LogP contribution in [0.2, 0.25) is 0 Å². The van der Waals surface area contributed by atoms with E-state index in [1.165, 1.54) is 30.6 Å². The van der Waals surface area contributed by atoms with E-state index in [2.05, 4.69) is 16.4 Å². The quantitative estimate of drug-likeness (QED) is 0.568. The molecule has 3 rings (SSSR count). The number of sulfone groups is 1. The molecule has 30 heavy (non-hydrogen) atoms. The summed E-state index contributed by atoms with van der Waals surface area (Å²) in [4.78, 5) is 16.7. The summed E-state index contributed by atoms with van der Waals surface area (Å²) in [5.74, 6) is 0.166. The highest BCUT2D eigenvalue weighted by Crippen LogP contribution is 2.25. The summed E-state index contributed by atoms with van der Waals surface area (Å²) in [6.45, 7) is 0. The number of carbonyl (C=O) groups is 1. The number of benzene rings is 2. The molecule has 0 fully saturated rings. The van der Waals surface area contributed by atoms with Gasteiger partial charge < -0.3 is 10.1 Å². The van der Waals surface area contributed by atoms with Gasteiger partial charge in [-0.2, -0.15) is 5.26 Å². The molecular weight excluding hydrogens is 422 g/mol. The van der Waals surface area contributed by atoms with E-state index in [0.717, 1.165) is 5.56 Å². The van der Waals surface area contributed by atoms with E-state index in [0.29, 0.717) is 22.1 Å². The first kappa shape index (κ1) is 21.5. The predicted molar refractivity (Wildman–Crippen MR) is 115 cm³/mol. The molecule has 0 saturated carbocycles. The van der Waals surface area contributed by atoms with Crippen LogP contribution in [0.15, 0.2) is 58.8 Å². The van der Waals surface area contributed by atoms with Crippen molar-refractivity contribution in [3.63, 3.8) is 0 Å². The van der Waals surface area contributed by atoms with Gasteiger partial charge in [0.1, 0.15) is 5.75 Å². The van der Waals surface area contributed by atoms with Crippen molar-refractivity contribution in [2.45, 2.75) is 17.7 Å². The average molecular weight is 442 g/mol. The normalized spacial score (nSPS) is 10.9. The molecule has 0 saturated heterocycles. The van der Waals surface area contributed by atoms with E-state index in [1.54, 1.807) is 36.4 Å². The Morgan fingerprint density at radius 2 is 1.87 bits per heavy atom. The SMILES string of the molecule is COc1ccc(S(=O)(=O)CCCC(=O)Nc2nc(-c3ccc(C#N)cc3)cs2)cc1. The van der Waals surface area contributed by atoms with Crippen LogP contribution < -0.4 is 10.1 Å². The molecule has 2 aromatic carbocycles. The van der Waals surface area contributed by atoms with Gasteiger partial charge in [-0.15, -0.1) is 11.3 Å². The van der Waals surface area contributed by atoms with Crippen LogP contribution in [-0.2, 0) is 14.6 Å². The van der Waals surface area contributed by atoms with Crippen molar-refractivity contribution < 1.29 is 17.9 Å². The number of hydrogen-bond donors (Lipinski definition) is 1. The fourth-order valence-electron chi connectivity index (χ4n) is 2.68. The molecule has 0 aliphatic rings. The molecule has 0 aliphatic carbocycles. The number of aromatic nitrogens is 1. The van der Waals surface area contributed by atoms with Crippen molar-refractivity contribution in [1.29, 1.82) is 5.26 Å². The number of nitrogens with one attached hydrogen (secondary N) is 1. The number of hydrogen-bond acceptors (Lipinski definition) is 7. The van der Waals surface area contributed by atoms with Gasteiger partial charge in [-0.1, -0.05) is 12.1 Å². The van der Waals surface area contributed by atoms with Crippen molar-refractivity contribution in [1.82, 2.24) is 4.98 Å². The zero-order valence-electron chi connectivity index (χ0n) is 16.2. The van der Waals surface area contributed by atoms with Gasteiger partial charge in [-0.3, -0.25) is 4.79 Å². The molecule has 0 bridgehead atoms. The number of nitrogens with zero attached hydrogens (tertiary/aromatic N) is 2. The Hall–Kier alpha value is -3.22. The molecule has 0 aliphatic heterocycles. The Morgan fingerprint density at radius 1 is 1.17 bits per heavy atom. The topological polar surface area (TPSA) is 109 Å². The molecule has 0 spiro atoms. The molecule has 1 amide bonds. The third-order valence-electron chi connectivity index (χ3n) is 4.30. The lowest BCUT2D eigenvalue weighted by Gasteiger charge is -2.06. The van der Waals surface area contributed by atoms with Crippen molar-refractivity contribution in [3.05, 3.63) is 59.5 Å². The summed E-state index contributed by atoms with van der Waals surface area (Å²) in [5, 5.41) is 13.8. The van der Waals surface area contributed by atoms with Gasteiger partial charge in [-0.25, -0.2) is 13.4 Å². The third-order valence-corrected chi connectivity index (χ3v) is 6.87. The Kier molecular flexibility index (Phi) is 6.82. The van der Waals surface area contributed by atoms with E-state index >= 15 is 0 Å². The lowest BCUT2D eigenvalue weighted by atomic mass is 10.1. The van der Waals surface area contributed by atoms with Gasteiger partial charge >= 0.3 is 0 Å². The maximum atomic E-state index is 12.4. The molecule has 1 aromatic heterocycles. The Morgan fingerprint density at radius 3 is 2.50 bits per heavy atom. The van der Waals surface area contributed by atoms with E-state index in [4.69, 9.17) is 10.00 Å². The summed E-state index contributed by atoms with van der Waals surface area (Å²) in [6.07, 6.45) is 0.273. The zero-order chi connectivity index (χ0) is 21.6. The van der Waals surface area contributed by atoms with Gasteiger partial charge in [0, 0.05) is 17.4 Å².